The molecule has 11 rings (SSSR count). The van der Waals surface area contributed by atoms with Crippen molar-refractivity contribution in [1.82, 2.24) is 14.5 Å². The van der Waals surface area contributed by atoms with Gasteiger partial charge in [0.05, 0.1) is 22.4 Å². The SMILES string of the molecule is CC1(C)c2cc3ccccc3cc2-c2c(-c3cc(-c4cccc(-c5cccc6c5c5ccccc5n6-c5ccccc5)c4)nc(-c4ccccc4)n3)cccc21. The highest BCUT2D eigenvalue weighted by molar-refractivity contribution is 6.16. The molecule has 2 heterocycles. The molecule has 3 heteroatoms. The number of rotatable bonds is 5. The minimum absolute atomic E-state index is 0.151. The lowest BCUT2D eigenvalue weighted by Gasteiger charge is -2.22. The van der Waals surface area contributed by atoms with Gasteiger partial charge in [0, 0.05) is 38.6 Å². The summed E-state index contributed by atoms with van der Waals surface area (Å²) in [6, 6.07) is 67.6. The van der Waals surface area contributed by atoms with Crippen LogP contribution >= 0.6 is 0 Å². The summed E-state index contributed by atoms with van der Waals surface area (Å²) in [5.41, 5.74) is 15.9. The maximum atomic E-state index is 5.33. The summed E-state index contributed by atoms with van der Waals surface area (Å²) in [6.07, 6.45) is 0. The van der Waals surface area contributed by atoms with E-state index in [0.29, 0.717) is 5.82 Å². The van der Waals surface area contributed by atoms with E-state index in [1.165, 1.54) is 60.4 Å². The van der Waals surface area contributed by atoms with E-state index in [1.54, 1.807) is 0 Å². The Morgan fingerprint density at radius 1 is 0.429 bits per heavy atom. The molecule has 0 amide bonds. The normalized spacial score (nSPS) is 13.0. The Hall–Kier alpha value is -7.10. The van der Waals surface area contributed by atoms with Gasteiger partial charge in [0.1, 0.15) is 0 Å². The summed E-state index contributed by atoms with van der Waals surface area (Å²) in [7, 11) is 0. The number of benzene rings is 8. The summed E-state index contributed by atoms with van der Waals surface area (Å²) in [5.74, 6) is 0.713. The molecular weight excluding hydrogens is 679 g/mol. The number of aromatic nitrogens is 3. The third-order valence-corrected chi connectivity index (χ3v) is 11.8. The molecule has 0 bridgehead atoms. The molecule has 0 N–H and O–H groups in total. The minimum atomic E-state index is -0.151. The Bertz CT molecular complexity index is 3150. The molecule has 3 nitrogen and oxygen atoms in total. The molecular formula is C53H37N3. The summed E-state index contributed by atoms with van der Waals surface area (Å²) in [6.45, 7) is 4.70. The zero-order valence-corrected chi connectivity index (χ0v) is 31.2. The Morgan fingerprint density at radius 2 is 1.05 bits per heavy atom. The molecule has 2 aromatic heterocycles. The van der Waals surface area contributed by atoms with Crippen molar-refractivity contribution in [2.75, 3.05) is 0 Å². The molecule has 0 saturated carbocycles. The lowest BCUT2D eigenvalue weighted by molar-refractivity contribution is 0.661. The van der Waals surface area contributed by atoms with E-state index in [1.807, 2.05) is 6.07 Å². The van der Waals surface area contributed by atoms with Gasteiger partial charge in [-0.2, -0.15) is 0 Å². The maximum Gasteiger partial charge on any atom is 0.160 e. The molecule has 8 aromatic carbocycles. The molecule has 1 aliphatic rings. The lowest BCUT2D eigenvalue weighted by atomic mass is 9.81. The third-order valence-electron chi connectivity index (χ3n) is 11.8. The van der Waals surface area contributed by atoms with Crippen molar-refractivity contribution < 1.29 is 0 Å². The Kier molecular flexibility index (Phi) is 7.20. The van der Waals surface area contributed by atoms with E-state index < -0.39 is 0 Å². The van der Waals surface area contributed by atoms with Crippen LogP contribution in [-0.2, 0) is 5.41 Å². The molecule has 0 saturated heterocycles. The molecule has 0 fully saturated rings. The second-order valence-corrected chi connectivity index (χ2v) is 15.4. The quantitative estimate of drug-likeness (QED) is 0.178. The van der Waals surface area contributed by atoms with E-state index in [-0.39, 0.29) is 5.41 Å². The van der Waals surface area contributed by atoms with Crippen molar-refractivity contribution in [1.29, 1.82) is 0 Å². The van der Waals surface area contributed by atoms with E-state index in [9.17, 15) is 0 Å². The van der Waals surface area contributed by atoms with Crippen LogP contribution in [0.3, 0.4) is 0 Å². The molecule has 1 aliphatic carbocycles. The fraction of sp³-hybridized carbons (Fsp3) is 0.0566. The second kappa shape index (κ2) is 12.5. The highest BCUT2D eigenvalue weighted by Gasteiger charge is 2.37. The van der Waals surface area contributed by atoms with Gasteiger partial charge >= 0.3 is 0 Å². The first-order valence-electron chi connectivity index (χ1n) is 19.3. The van der Waals surface area contributed by atoms with Gasteiger partial charge in [-0.25, -0.2) is 9.97 Å². The summed E-state index contributed by atoms with van der Waals surface area (Å²) in [5, 5.41) is 4.99. The monoisotopic (exact) mass is 715 g/mol. The average molecular weight is 716 g/mol. The average Bonchev–Trinajstić information content (AvgIpc) is 3.71. The predicted molar refractivity (Wildman–Crippen MR) is 233 cm³/mol. The van der Waals surface area contributed by atoms with Gasteiger partial charge in [-0.3, -0.25) is 0 Å². The number of para-hydroxylation sites is 2. The predicted octanol–water partition coefficient (Wildman–Crippen LogP) is 13.7. The zero-order valence-electron chi connectivity index (χ0n) is 31.2. The molecule has 264 valence electrons. The molecule has 0 atom stereocenters. The van der Waals surface area contributed by atoms with Crippen LogP contribution in [-0.4, -0.2) is 14.5 Å². The standard InChI is InChI=1S/C53H37N3/c1-53(2)44-27-14-26-41(50(44)43-31-35-18-9-10-19-36(35)32-45(43)53)47-33-46(54-52(55-47)34-16-5-3-6-17-34)38-21-13-20-37(30-38)40-25-15-29-49-51(40)42-24-11-12-28-48(42)56(49)39-22-7-4-8-23-39/h3-33H,1-2H3. The van der Waals surface area contributed by atoms with Crippen LogP contribution in [0, 0.1) is 0 Å². The van der Waals surface area contributed by atoms with Gasteiger partial charge in [-0.15, -0.1) is 0 Å². The van der Waals surface area contributed by atoms with Crippen molar-refractivity contribution in [2.45, 2.75) is 19.3 Å². The number of hydrogen-bond acceptors (Lipinski definition) is 2. The third kappa shape index (κ3) is 4.98. The fourth-order valence-electron chi connectivity index (χ4n) is 9.10. The molecule has 0 spiro atoms. The molecule has 0 unspecified atom stereocenters. The van der Waals surface area contributed by atoms with Crippen LogP contribution in [0.15, 0.2) is 188 Å². The largest absolute Gasteiger partial charge is 0.309 e. The highest BCUT2D eigenvalue weighted by atomic mass is 15.0. The van der Waals surface area contributed by atoms with Crippen molar-refractivity contribution in [2.24, 2.45) is 0 Å². The molecule has 0 radical (unpaired) electrons. The summed E-state index contributed by atoms with van der Waals surface area (Å²) in [4.78, 5) is 10.6. The van der Waals surface area contributed by atoms with Crippen LogP contribution in [0.25, 0.3) is 94.4 Å². The van der Waals surface area contributed by atoms with Crippen LogP contribution in [0.2, 0.25) is 0 Å². The molecule has 0 aliphatic heterocycles. The van der Waals surface area contributed by atoms with Gasteiger partial charge in [0.15, 0.2) is 5.82 Å². The molecule has 56 heavy (non-hydrogen) atoms. The first-order chi connectivity index (χ1) is 27.5. The first kappa shape index (κ1) is 32.3. The fourth-order valence-corrected chi connectivity index (χ4v) is 9.10. The maximum absolute atomic E-state index is 5.33. The Balaban J connectivity index is 1.11. The van der Waals surface area contributed by atoms with Crippen LogP contribution in [0.5, 0.6) is 0 Å². The van der Waals surface area contributed by atoms with Crippen molar-refractivity contribution in [3.05, 3.63) is 199 Å². The number of hydrogen-bond donors (Lipinski definition) is 0. The van der Waals surface area contributed by atoms with Crippen LogP contribution in [0.1, 0.15) is 25.0 Å². The minimum Gasteiger partial charge on any atom is -0.309 e. The highest BCUT2D eigenvalue weighted by Crippen LogP contribution is 2.53. The topological polar surface area (TPSA) is 30.7 Å². The van der Waals surface area contributed by atoms with E-state index in [2.05, 4.69) is 200 Å². The molecule has 10 aromatic rings. The number of nitrogens with zero attached hydrogens (tertiary/aromatic N) is 3. The first-order valence-corrected chi connectivity index (χ1v) is 19.3. The zero-order chi connectivity index (χ0) is 37.4. The van der Waals surface area contributed by atoms with Crippen LogP contribution in [0.4, 0.5) is 0 Å². The van der Waals surface area contributed by atoms with Gasteiger partial charge in [-0.05, 0) is 92.7 Å². The summed E-state index contributed by atoms with van der Waals surface area (Å²) >= 11 is 0. The van der Waals surface area contributed by atoms with Crippen molar-refractivity contribution >= 4 is 32.6 Å². The summed E-state index contributed by atoms with van der Waals surface area (Å²) < 4.78 is 2.38. The van der Waals surface area contributed by atoms with E-state index in [4.69, 9.17) is 9.97 Å². The lowest BCUT2D eigenvalue weighted by Crippen LogP contribution is -2.14. The van der Waals surface area contributed by atoms with Gasteiger partial charge in [-0.1, -0.05) is 153 Å². The van der Waals surface area contributed by atoms with Gasteiger partial charge < -0.3 is 4.57 Å². The Labute approximate surface area is 326 Å². The van der Waals surface area contributed by atoms with Gasteiger partial charge in [0.25, 0.3) is 0 Å². The van der Waals surface area contributed by atoms with Crippen molar-refractivity contribution in [3.8, 4) is 61.8 Å². The van der Waals surface area contributed by atoms with Gasteiger partial charge in [0.2, 0.25) is 0 Å². The Morgan fingerprint density at radius 3 is 1.89 bits per heavy atom. The van der Waals surface area contributed by atoms with Crippen LogP contribution < -0.4 is 0 Å². The van der Waals surface area contributed by atoms with Crippen molar-refractivity contribution in [3.63, 3.8) is 0 Å². The van der Waals surface area contributed by atoms with E-state index >= 15 is 0 Å². The smallest absolute Gasteiger partial charge is 0.160 e. The van der Waals surface area contributed by atoms with E-state index in [0.717, 1.165) is 39.3 Å². The number of fused-ring (bicyclic) bond motifs is 7. The second-order valence-electron chi connectivity index (χ2n) is 15.4.